The summed E-state index contributed by atoms with van der Waals surface area (Å²) in [7, 11) is -3.68. The minimum absolute atomic E-state index is 0.241. The summed E-state index contributed by atoms with van der Waals surface area (Å²) in [4.78, 5) is 11.0. The molecule has 0 aromatic rings. The number of carboxylic acids is 1. The molecule has 0 atom stereocenters. The lowest BCUT2D eigenvalue weighted by Gasteiger charge is -2.18. The number of rotatable bonds is 10. The van der Waals surface area contributed by atoms with Gasteiger partial charge in [0.2, 0.25) is 0 Å². The summed E-state index contributed by atoms with van der Waals surface area (Å²) in [6.45, 7) is 5.94. The molecule has 106 valence electrons. The minimum atomic E-state index is -3.68. The van der Waals surface area contributed by atoms with Crippen LogP contribution >= 0.6 is 7.60 Å². The zero-order chi connectivity index (χ0) is 14.0. The highest BCUT2D eigenvalue weighted by Crippen LogP contribution is 2.56. The molecule has 0 radical (unpaired) electrons. The first-order valence-electron chi connectivity index (χ1n) is 6.31. The molecule has 0 aliphatic rings. The highest BCUT2D eigenvalue weighted by molar-refractivity contribution is 7.59. The average molecular weight is 278 g/mol. The standard InChI is InChI=1S/C12H23O5P/c1-4-7-9-16-18(15,17-10-8-5-2)11(6-3)12(13)14/h6H,4-5,7-10H2,1-3H3,(H,13,14). The largest absolute Gasteiger partial charge is 0.477 e. The predicted octanol–water partition coefficient (Wildman–Crippen LogP) is 3.80. The van der Waals surface area contributed by atoms with Crippen LogP contribution in [0.3, 0.4) is 0 Å². The summed E-state index contributed by atoms with van der Waals surface area (Å²) >= 11 is 0. The maximum Gasteiger partial charge on any atom is 0.368 e. The van der Waals surface area contributed by atoms with Crippen molar-refractivity contribution in [3.63, 3.8) is 0 Å². The van der Waals surface area contributed by atoms with Gasteiger partial charge in [0, 0.05) is 0 Å². The Kier molecular flexibility index (Phi) is 8.98. The van der Waals surface area contributed by atoms with Gasteiger partial charge in [-0.25, -0.2) is 4.79 Å². The van der Waals surface area contributed by atoms with E-state index in [0.29, 0.717) is 0 Å². The average Bonchev–Trinajstić information content (AvgIpc) is 2.30. The molecule has 0 aliphatic heterocycles. The van der Waals surface area contributed by atoms with Crippen molar-refractivity contribution in [3.05, 3.63) is 11.4 Å². The fourth-order valence-corrected chi connectivity index (χ4v) is 2.88. The second-order valence-corrected chi connectivity index (χ2v) is 5.84. The van der Waals surface area contributed by atoms with Gasteiger partial charge < -0.3 is 14.2 Å². The Balaban J connectivity index is 4.78. The van der Waals surface area contributed by atoms with Crippen LogP contribution in [-0.4, -0.2) is 24.3 Å². The first-order chi connectivity index (χ1) is 8.51. The Bertz CT molecular complexity index is 310. The van der Waals surface area contributed by atoms with Crippen molar-refractivity contribution in [2.45, 2.75) is 46.5 Å². The molecule has 6 heteroatoms. The number of hydrogen-bond acceptors (Lipinski definition) is 4. The van der Waals surface area contributed by atoms with E-state index in [1.807, 2.05) is 13.8 Å². The lowest BCUT2D eigenvalue weighted by atomic mass is 10.4. The third-order valence-corrected chi connectivity index (χ3v) is 4.39. The Hall–Kier alpha value is -0.640. The summed E-state index contributed by atoms with van der Waals surface area (Å²) in [6, 6.07) is 0. The van der Waals surface area contributed by atoms with Crippen molar-refractivity contribution < 1.29 is 23.5 Å². The molecule has 18 heavy (non-hydrogen) atoms. The van der Waals surface area contributed by atoms with Crippen LogP contribution < -0.4 is 0 Å². The van der Waals surface area contributed by atoms with Gasteiger partial charge in [0.25, 0.3) is 0 Å². The molecule has 0 spiro atoms. The molecule has 0 amide bonds. The number of carbonyl (C=O) groups is 1. The fourth-order valence-electron chi connectivity index (χ4n) is 1.23. The molecule has 0 rings (SSSR count). The van der Waals surface area contributed by atoms with Crippen molar-refractivity contribution in [2.24, 2.45) is 0 Å². The molecule has 5 nitrogen and oxygen atoms in total. The smallest absolute Gasteiger partial charge is 0.368 e. The van der Waals surface area contributed by atoms with Gasteiger partial charge in [-0.05, 0) is 19.8 Å². The molecule has 0 heterocycles. The van der Waals surface area contributed by atoms with Crippen LogP contribution in [0.15, 0.2) is 11.4 Å². The molecule has 0 saturated carbocycles. The SMILES string of the molecule is CC=C(C(=O)O)P(=O)(OCCCC)OCCCC. The predicted molar refractivity (Wildman–Crippen MR) is 70.7 cm³/mol. The van der Waals surface area contributed by atoms with E-state index in [2.05, 4.69) is 0 Å². The topological polar surface area (TPSA) is 72.8 Å². The van der Waals surface area contributed by atoms with Crippen molar-refractivity contribution >= 4 is 13.6 Å². The maximum absolute atomic E-state index is 12.4. The Morgan fingerprint density at radius 3 is 1.89 bits per heavy atom. The lowest BCUT2D eigenvalue weighted by molar-refractivity contribution is -0.132. The van der Waals surface area contributed by atoms with Crippen LogP contribution in [0.5, 0.6) is 0 Å². The van der Waals surface area contributed by atoms with Gasteiger partial charge in [0.05, 0.1) is 13.2 Å². The fraction of sp³-hybridized carbons (Fsp3) is 0.750. The van der Waals surface area contributed by atoms with Gasteiger partial charge in [-0.3, -0.25) is 4.57 Å². The molecule has 0 saturated heterocycles. The van der Waals surface area contributed by atoms with E-state index in [4.69, 9.17) is 14.2 Å². The second kappa shape index (κ2) is 9.31. The van der Waals surface area contributed by atoms with Crippen LogP contribution in [0, 0.1) is 0 Å². The van der Waals surface area contributed by atoms with E-state index in [9.17, 15) is 9.36 Å². The molecule has 0 bridgehead atoms. The Labute approximate surface area is 109 Å². The summed E-state index contributed by atoms with van der Waals surface area (Å²) in [5.41, 5.74) is 0. The highest BCUT2D eigenvalue weighted by atomic mass is 31.2. The second-order valence-electron chi connectivity index (χ2n) is 3.85. The number of hydrogen-bond donors (Lipinski definition) is 1. The number of allylic oxidation sites excluding steroid dienone is 1. The minimum Gasteiger partial charge on any atom is -0.477 e. The van der Waals surface area contributed by atoms with Gasteiger partial charge >= 0.3 is 13.6 Å². The van der Waals surface area contributed by atoms with Crippen LogP contribution in [-0.2, 0) is 18.4 Å². The number of aliphatic carboxylic acids is 1. The van der Waals surface area contributed by atoms with Crippen LogP contribution in [0.4, 0.5) is 0 Å². The summed E-state index contributed by atoms with van der Waals surface area (Å²) < 4.78 is 22.9. The zero-order valence-electron chi connectivity index (χ0n) is 11.3. The first kappa shape index (κ1) is 17.4. The molecule has 0 aromatic heterocycles. The van der Waals surface area contributed by atoms with E-state index in [-0.39, 0.29) is 18.5 Å². The molecular formula is C12H23O5P. The van der Waals surface area contributed by atoms with Crippen LogP contribution in [0.25, 0.3) is 0 Å². The quantitative estimate of drug-likeness (QED) is 0.374. The molecular weight excluding hydrogens is 255 g/mol. The van der Waals surface area contributed by atoms with E-state index < -0.39 is 13.6 Å². The first-order valence-corrected chi connectivity index (χ1v) is 7.85. The van der Waals surface area contributed by atoms with E-state index >= 15 is 0 Å². The maximum atomic E-state index is 12.4. The van der Waals surface area contributed by atoms with Gasteiger partial charge in [-0.15, -0.1) is 0 Å². The van der Waals surface area contributed by atoms with Gasteiger partial charge in [0.1, 0.15) is 5.31 Å². The van der Waals surface area contributed by atoms with Crippen LogP contribution in [0.1, 0.15) is 46.5 Å². The van der Waals surface area contributed by atoms with E-state index in [1.54, 1.807) is 0 Å². The number of carboxylic acid groups (broad SMARTS) is 1. The molecule has 0 fully saturated rings. The van der Waals surface area contributed by atoms with Crippen molar-refractivity contribution in [3.8, 4) is 0 Å². The third kappa shape index (κ3) is 5.80. The van der Waals surface area contributed by atoms with Crippen LogP contribution in [0.2, 0.25) is 0 Å². The van der Waals surface area contributed by atoms with Gasteiger partial charge in [-0.1, -0.05) is 32.8 Å². The highest BCUT2D eigenvalue weighted by Gasteiger charge is 2.34. The van der Waals surface area contributed by atoms with Crippen molar-refractivity contribution in [1.82, 2.24) is 0 Å². The molecule has 0 unspecified atom stereocenters. The molecule has 0 aromatic carbocycles. The third-order valence-electron chi connectivity index (χ3n) is 2.31. The Morgan fingerprint density at radius 2 is 1.61 bits per heavy atom. The molecule has 1 N–H and O–H groups in total. The zero-order valence-corrected chi connectivity index (χ0v) is 12.2. The van der Waals surface area contributed by atoms with Gasteiger partial charge in [0.15, 0.2) is 0 Å². The summed E-state index contributed by atoms with van der Waals surface area (Å²) in [5, 5.41) is 8.74. The normalized spacial score (nSPS) is 12.7. The van der Waals surface area contributed by atoms with Crippen molar-refractivity contribution in [1.29, 1.82) is 0 Å². The number of unbranched alkanes of at least 4 members (excludes halogenated alkanes) is 2. The summed E-state index contributed by atoms with van der Waals surface area (Å²) in [6.07, 6.45) is 4.48. The van der Waals surface area contributed by atoms with E-state index in [1.165, 1.54) is 13.0 Å². The van der Waals surface area contributed by atoms with Gasteiger partial charge in [-0.2, -0.15) is 0 Å². The molecule has 0 aliphatic carbocycles. The monoisotopic (exact) mass is 278 g/mol. The van der Waals surface area contributed by atoms with Crippen molar-refractivity contribution in [2.75, 3.05) is 13.2 Å². The summed E-state index contributed by atoms with van der Waals surface area (Å²) in [5.74, 6) is -1.26. The van der Waals surface area contributed by atoms with E-state index in [0.717, 1.165) is 25.7 Å². The Morgan fingerprint density at radius 1 is 1.17 bits per heavy atom. The lowest BCUT2D eigenvalue weighted by Crippen LogP contribution is -2.08.